The van der Waals surface area contributed by atoms with E-state index in [1.807, 2.05) is 11.8 Å². The van der Waals surface area contributed by atoms with Crippen molar-refractivity contribution in [1.82, 2.24) is 0 Å². The second kappa shape index (κ2) is 5.26. The van der Waals surface area contributed by atoms with Gasteiger partial charge in [-0.05, 0) is 30.2 Å². The number of benzene rings is 1. The molecule has 66 valence electrons. The van der Waals surface area contributed by atoms with Crippen LogP contribution in [0, 0.1) is 0 Å². The van der Waals surface area contributed by atoms with Gasteiger partial charge in [-0.2, -0.15) is 0 Å². The van der Waals surface area contributed by atoms with Crippen molar-refractivity contribution >= 4 is 11.8 Å². The summed E-state index contributed by atoms with van der Waals surface area (Å²) in [7, 11) is 0. The Morgan fingerprint density at radius 3 is 2.58 bits per heavy atom. The topological polar surface area (TPSA) is 0 Å². The average Bonchev–Trinajstić information content (AvgIpc) is 2.15. The summed E-state index contributed by atoms with van der Waals surface area (Å²) in [6, 6.07) is 8.68. The van der Waals surface area contributed by atoms with Crippen molar-refractivity contribution in [3.05, 3.63) is 29.8 Å². The molecule has 0 amide bonds. The van der Waals surface area contributed by atoms with Crippen LogP contribution in [0.15, 0.2) is 29.2 Å². The van der Waals surface area contributed by atoms with Gasteiger partial charge in [0.2, 0.25) is 0 Å². The van der Waals surface area contributed by atoms with Crippen LogP contribution in [0.2, 0.25) is 0 Å². The van der Waals surface area contributed by atoms with Crippen molar-refractivity contribution in [1.29, 1.82) is 0 Å². The van der Waals surface area contributed by atoms with Crippen molar-refractivity contribution in [2.75, 3.05) is 5.75 Å². The lowest BCUT2D eigenvalue weighted by molar-refractivity contribution is 1.07. The van der Waals surface area contributed by atoms with Gasteiger partial charge in [-0.25, -0.2) is 0 Å². The van der Waals surface area contributed by atoms with E-state index in [-0.39, 0.29) is 0 Å². The Bertz CT molecular complexity index is 230. The molecule has 1 aromatic rings. The van der Waals surface area contributed by atoms with E-state index >= 15 is 0 Å². The quantitative estimate of drug-likeness (QED) is 0.636. The molecule has 0 N–H and O–H groups in total. The van der Waals surface area contributed by atoms with Crippen LogP contribution < -0.4 is 0 Å². The Labute approximate surface area is 79.4 Å². The van der Waals surface area contributed by atoms with Gasteiger partial charge in [-0.1, -0.05) is 32.0 Å². The third kappa shape index (κ3) is 2.56. The fourth-order valence-corrected chi connectivity index (χ4v) is 2.15. The zero-order valence-corrected chi connectivity index (χ0v) is 8.66. The molecule has 0 nitrogen and oxygen atoms in total. The Balaban J connectivity index is 2.68. The van der Waals surface area contributed by atoms with Gasteiger partial charge in [0.05, 0.1) is 0 Å². The number of aryl methyl sites for hydroxylation is 1. The molecule has 0 saturated carbocycles. The number of hydrogen-bond acceptors (Lipinski definition) is 1. The highest BCUT2D eigenvalue weighted by Gasteiger charge is 1.97. The Morgan fingerprint density at radius 2 is 1.92 bits per heavy atom. The minimum Gasteiger partial charge on any atom is -0.126 e. The predicted octanol–water partition coefficient (Wildman–Crippen LogP) is 3.75. The van der Waals surface area contributed by atoms with Crippen LogP contribution in [0.1, 0.15) is 25.8 Å². The van der Waals surface area contributed by atoms with Crippen molar-refractivity contribution in [3.8, 4) is 0 Å². The maximum atomic E-state index is 2.22. The zero-order valence-electron chi connectivity index (χ0n) is 7.84. The largest absolute Gasteiger partial charge is 0.126 e. The monoisotopic (exact) mass is 180 g/mol. The summed E-state index contributed by atoms with van der Waals surface area (Å²) in [4.78, 5) is 1.46. The molecule has 1 heteroatoms. The molecule has 0 saturated heterocycles. The lowest BCUT2D eigenvalue weighted by Gasteiger charge is -2.05. The Hall–Kier alpha value is -0.430. The van der Waals surface area contributed by atoms with Gasteiger partial charge in [0, 0.05) is 4.90 Å². The van der Waals surface area contributed by atoms with Gasteiger partial charge in [0.25, 0.3) is 0 Å². The first-order chi connectivity index (χ1) is 5.88. The summed E-state index contributed by atoms with van der Waals surface area (Å²) < 4.78 is 0. The smallest absolute Gasteiger partial charge is 0.0104 e. The third-order valence-corrected chi connectivity index (χ3v) is 3.14. The second-order valence-corrected chi connectivity index (χ2v) is 3.95. The van der Waals surface area contributed by atoms with Gasteiger partial charge in [-0.15, -0.1) is 11.8 Å². The van der Waals surface area contributed by atoms with E-state index in [1.54, 1.807) is 0 Å². The van der Waals surface area contributed by atoms with E-state index in [4.69, 9.17) is 0 Å². The first-order valence-corrected chi connectivity index (χ1v) is 5.57. The SMILES string of the molecule is CCCSc1ccccc1CC. The predicted molar refractivity (Wildman–Crippen MR) is 56.8 cm³/mol. The van der Waals surface area contributed by atoms with Crippen LogP contribution in [-0.4, -0.2) is 5.75 Å². The molecule has 0 heterocycles. The molecule has 0 spiro atoms. The van der Waals surface area contributed by atoms with Crippen molar-refractivity contribution in [2.24, 2.45) is 0 Å². The summed E-state index contributed by atoms with van der Waals surface area (Å²) in [6.07, 6.45) is 2.40. The minimum atomic E-state index is 1.15. The minimum absolute atomic E-state index is 1.15. The molecule has 0 aliphatic rings. The summed E-state index contributed by atoms with van der Waals surface area (Å²) in [5.41, 5.74) is 1.48. The van der Waals surface area contributed by atoms with E-state index in [9.17, 15) is 0 Å². The summed E-state index contributed by atoms with van der Waals surface area (Å²) >= 11 is 1.97. The molecule has 12 heavy (non-hydrogen) atoms. The maximum absolute atomic E-state index is 2.22. The average molecular weight is 180 g/mol. The summed E-state index contributed by atoms with van der Waals surface area (Å²) in [5.74, 6) is 1.23. The van der Waals surface area contributed by atoms with Crippen LogP contribution in [0.3, 0.4) is 0 Å². The van der Waals surface area contributed by atoms with E-state index in [1.165, 1.54) is 22.6 Å². The molecule has 0 aliphatic carbocycles. The van der Waals surface area contributed by atoms with Crippen LogP contribution in [0.5, 0.6) is 0 Å². The maximum Gasteiger partial charge on any atom is 0.0104 e. The van der Waals surface area contributed by atoms with Crippen molar-refractivity contribution in [2.45, 2.75) is 31.6 Å². The highest BCUT2D eigenvalue weighted by molar-refractivity contribution is 7.99. The van der Waals surface area contributed by atoms with Gasteiger partial charge >= 0.3 is 0 Å². The highest BCUT2D eigenvalue weighted by atomic mass is 32.2. The van der Waals surface area contributed by atoms with Gasteiger partial charge in [-0.3, -0.25) is 0 Å². The molecule has 0 aromatic heterocycles. The molecule has 0 fully saturated rings. The van der Waals surface area contributed by atoms with E-state index in [2.05, 4.69) is 38.1 Å². The fourth-order valence-electron chi connectivity index (χ4n) is 1.15. The van der Waals surface area contributed by atoms with Crippen LogP contribution >= 0.6 is 11.8 Å². The molecular formula is C11H16S. The molecule has 0 aliphatic heterocycles. The number of rotatable bonds is 4. The molecule has 0 atom stereocenters. The summed E-state index contributed by atoms with van der Waals surface area (Å²) in [6.45, 7) is 4.44. The van der Waals surface area contributed by atoms with Crippen LogP contribution in [-0.2, 0) is 6.42 Å². The van der Waals surface area contributed by atoms with Gasteiger partial charge < -0.3 is 0 Å². The first-order valence-electron chi connectivity index (χ1n) is 4.59. The standard InChI is InChI=1S/C11H16S/c1-3-9-12-11-8-6-5-7-10(11)4-2/h5-8H,3-4,9H2,1-2H3. The van der Waals surface area contributed by atoms with Crippen LogP contribution in [0.4, 0.5) is 0 Å². The molecule has 1 aromatic carbocycles. The van der Waals surface area contributed by atoms with Gasteiger partial charge in [0.1, 0.15) is 0 Å². The third-order valence-electron chi connectivity index (χ3n) is 1.82. The molecular weight excluding hydrogens is 164 g/mol. The fraction of sp³-hybridized carbons (Fsp3) is 0.455. The van der Waals surface area contributed by atoms with Crippen molar-refractivity contribution in [3.63, 3.8) is 0 Å². The van der Waals surface area contributed by atoms with Gasteiger partial charge in [0.15, 0.2) is 0 Å². The van der Waals surface area contributed by atoms with E-state index in [0.29, 0.717) is 0 Å². The number of thioether (sulfide) groups is 1. The van der Waals surface area contributed by atoms with Crippen molar-refractivity contribution < 1.29 is 0 Å². The van der Waals surface area contributed by atoms with E-state index < -0.39 is 0 Å². The number of hydrogen-bond donors (Lipinski definition) is 0. The lowest BCUT2D eigenvalue weighted by Crippen LogP contribution is -1.85. The lowest BCUT2D eigenvalue weighted by atomic mass is 10.2. The molecule has 0 bridgehead atoms. The second-order valence-electron chi connectivity index (χ2n) is 2.81. The first kappa shape index (κ1) is 9.66. The highest BCUT2D eigenvalue weighted by Crippen LogP contribution is 2.23. The molecule has 0 unspecified atom stereocenters. The van der Waals surface area contributed by atoms with E-state index in [0.717, 1.165) is 6.42 Å². The van der Waals surface area contributed by atoms with Crippen LogP contribution in [0.25, 0.3) is 0 Å². The molecule has 1 rings (SSSR count). The zero-order chi connectivity index (χ0) is 8.81. The molecule has 0 radical (unpaired) electrons. The normalized spacial score (nSPS) is 10.2. The Kier molecular flexibility index (Phi) is 4.23. The Morgan fingerprint density at radius 1 is 1.17 bits per heavy atom. The summed E-state index contributed by atoms with van der Waals surface area (Å²) in [5, 5.41) is 0.